The lowest BCUT2D eigenvalue weighted by Gasteiger charge is -2.48. The number of phenolic OH excluding ortho intramolecular Hbond substituents is 1. The van der Waals surface area contributed by atoms with Crippen LogP contribution in [0, 0.1) is 0 Å². The van der Waals surface area contributed by atoms with Crippen LogP contribution in [0.4, 0.5) is 11.6 Å². The third-order valence-corrected chi connectivity index (χ3v) is 10.6. The Balaban J connectivity index is 1.39. The number of aliphatic hydroxyl groups excluding tert-OH is 3. The van der Waals surface area contributed by atoms with Crippen molar-refractivity contribution in [2.24, 2.45) is 10.7 Å². The van der Waals surface area contributed by atoms with Crippen LogP contribution in [0.15, 0.2) is 53.8 Å². The van der Waals surface area contributed by atoms with E-state index in [0.29, 0.717) is 40.9 Å². The number of pyridine rings is 2. The van der Waals surface area contributed by atoms with E-state index in [1.54, 1.807) is 37.4 Å². The number of carbonyl (C=O) groups excluding carboxylic acids is 2. The number of hydrogen-bond acceptors (Lipinski definition) is 15. The Morgan fingerprint density at radius 1 is 0.965 bits per heavy atom. The van der Waals surface area contributed by atoms with Gasteiger partial charge in [-0.05, 0) is 73.1 Å². The van der Waals surface area contributed by atoms with Crippen molar-refractivity contribution in [3.63, 3.8) is 0 Å². The van der Waals surface area contributed by atoms with E-state index in [0.717, 1.165) is 5.56 Å². The van der Waals surface area contributed by atoms with Crippen molar-refractivity contribution in [3.8, 4) is 17.2 Å². The summed E-state index contributed by atoms with van der Waals surface area (Å²) in [7, 11) is 2.86. The monoisotopic (exact) mass is 785 g/mol. The van der Waals surface area contributed by atoms with Gasteiger partial charge in [-0.25, -0.2) is 9.97 Å². The summed E-state index contributed by atoms with van der Waals surface area (Å²) in [5.41, 5.74) is 17.5. The number of nitrogens with two attached hydrogens (primary N) is 3. The number of nitrogens with one attached hydrogen (secondary N) is 1. The summed E-state index contributed by atoms with van der Waals surface area (Å²) in [6.45, 7) is 0.952. The second-order valence-corrected chi connectivity index (χ2v) is 14.0. The molecule has 12 N–H and O–H groups in total. The summed E-state index contributed by atoms with van der Waals surface area (Å²) in [6.07, 6.45) is -2.85. The van der Waals surface area contributed by atoms with Gasteiger partial charge in [0.15, 0.2) is 11.7 Å². The van der Waals surface area contributed by atoms with Crippen LogP contribution in [-0.2, 0) is 37.0 Å². The molecule has 1 aliphatic carbocycles. The number of fused-ring (bicyclic) bond motifs is 2. The molecule has 2 aliphatic rings. The normalized spacial score (nSPS) is 21.8. The minimum Gasteiger partial charge on any atom is -0.507 e. The summed E-state index contributed by atoms with van der Waals surface area (Å²) < 4.78 is 17.7. The molecule has 0 bridgehead atoms. The van der Waals surface area contributed by atoms with Crippen molar-refractivity contribution in [2.75, 3.05) is 32.2 Å². The van der Waals surface area contributed by atoms with E-state index >= 15 is 0 Å². The maximum Gasteiger partial charge on any atom is 0.229 e. The van der Waals surface area contributed by atoms with Crippen molar-refractivity contribution in [1.29, 1.82) is 0 Å². The summed E-state index contributed by atoms with van der Waals surface area (Å²) in [4.78, 5) is 41.4. The number of aliphatic hydroxyl groups is 4. The number of carbonyl (C=O) groups is 2. The number of nitrogens with zero attached hydrogens (tertiary/aromatic N) is 3. The highest BCUT2D eigenvalue weighted by Gasteiger charge is 2.55. The molecule has 5 atom stereocenters. The molecule has 0 saturated carbocycles. The van der Waals surface area contributed by atoms with Crippen LogP contribution >= 0.6 is 0 Å². The van der Waals surface area contributed by atoms with Gasteiger partial charge in [-0.2, -0.15) is 0 Å². The number of methoxy groups -OCH3 is 1. The fourth-order valence-corrected chi connectivity index (χ4v) is 7.47. The van der Waals surface area contributed by atoms with Gasteiger partial charge in [-0.3, -0.25) is 14.6 Å². The van der Waals surface area contributed by atoms with E-state index in [-0.39, 0.29) is 71.3 Å². The molecular formula is C40H47N7O10. The van der Waals surface area contributed by atoms with Gasteiger partial charge in [0.25, 0.3) is 0 Å². The zero-order valence-electron chi connectivity index (χ0n) is 31.7. The predicted octanol–water partition coefficient (Wildman–Crippen LogP) is 0.694. The third kappa shape index (κ3) is 7.79. The highest BCUT2D eigenvalue weighted by Crippen LogP contribution is 2.45. The lowest BCUT2D eigenvalue weighted by Crippen LogP contribution is -2.68. The van der Waals surface area contributed by atoms with Crippen LogP contribution < -0.4 is 32.0 Å². The van der Waals surface area contributed by atoms with Gasteiger partial charge in [0.1, 0.15) is 52.8 Å². The molecule has 1 saturated heterocycles. The molecule has 5 unspecified atom stereocenters. The fourth-order valence-electron chi connectivity index (χ4n) is 7.47. The SMILES string of the molecule is CCc1c(OC)cc(OC2OC(CO)C(O)(CCc3ccnc(N)c3)C(O)C2O)c2c1C(=O)c1cc(CCc3ccc(N)nc3)c(CNC(N)=NC)c(O)c1C2=O. The third-order valence-electron chi connectivity index (χ3n) is 10.6. The van der Waals surface area contributed by atoms with E-state index < -0.39 is 54.1 Å². The van der Waals surface area contributed by atoms with Gasteiger partial charge < -0.3 is 62.3 Å². The first-order valence-electron chi connectivity index (χ1n) is 18.3. The first-order chi connectivity index (χ1) is 27.3. The second-order valence-electron chi connectivity index (χ2n) is 14.0. The molecule has 17 nitrogen and oxygen atoms in total. The Morgan fingerprint density at radius 2 is 1.74 bits per heavy atom. The maximum absolute atomic E-state index is 14.7. The van der Waals surface area contributed by atoms with Crippen LogP contribution in [0.2, 0.25) is 0 Å². The van der Waals surface area contributed by atoms with E-state index in [9.17, 15) is 35.1 Å². The van der Waals surface area contributed by atoms with Crippen LogP contribution in [-0.4, -0.2) is 104 Å². The summed E-state index contributed by atoms with van der Waals surface area (Å²) >= 11 is 0. The molecular weight excluding hydrogens is 738 g/mol. The number of anilines is 2. The zero-order chi connectivity index (χ0) is 41.2. The average molecular weight is 786 g/mol. The number of aromatic hydroxyl groups is 1. The molecule has 302 valence electrons. The molecule has 0 radical (unpaired) electrons. The number of hydrogen-bond donors (Lipinski definition) is 9. The van der Waals surface area contributed by atoms with E-state index in [4.69, 9.17) is 31.4 Å². The Labute approximate surface area is 328 Å². The highest BCUT2D eigenvalue weighted by molar-refractivity contribution is 6.31. The first-order valence-corrected chi connectivity index (χ1v) is 18.3. The Kier molecular flexibility index (Phi) is 12.0. The van der Waals surface area contributed by atoms with Crippen molar-refractivity contribution < 1.29 is 49.3 Å². The molecule has 0 amide bonds. The Morgan fingerprint density at radius 3 is 2.39 bits per heavy atom. The molecule has 4 aromatic rings. The zero-order valence-corrected chi connectivity index (χ0v) is 31.7. The van der Waals surface area contributed by atoms with Crippen molar-refractivity contribution in [3.05, 3.63) is 98.9 Å². The lowest BCUT2D eigenvalue weighted by molar-refractivity contribution is -0.314. The number of guanidine groups is 1. The first kappa shape index (κ1) is 40.8. The smallest absolute Gasteiger partial charge is 0.229 e. The minimum absolute atomic E-state index is 0.0386. The number of phenols is 1. The molecule has 6 rings (SSSR count). The van der Waals surface area contributed by atoms with Crippen LogP contribution in [0.3, 0.4) is 0 Å². The molecule has 1 aliphatic heterocycles. The van der Waals surface area contributed by atoms with Gasteiger partial charge in [-0.15, -0.1) is 0 Å². The van der Waals surface area contributed by atoms with E-state index in [1.165, 1.54) is 26.4 Å². The Hall–Kier alpha value is -5.85. The van der Waals surface area contributed by atoms with Gasteiger partial charge >= 0.3 is 0 Å². The largest absolute Gasteiger partial charge is 0.507 e. The number of ether oxygens (including phenoxy) is 3. The Bertz CT molecular complexity index is 2190. The van der Waals surface area contributed by atoms with Crippen LogP contribution in [0.5, 0.6) is 17.2 Å². The lowest BCUT2D eigenvalue weighted by atomic mass is 9.77. The summed E-state index contributed by atoms with van der Waals surface area (Å²) in [6, 6.07) is 9.69. The molecule has 0 spiro atoms. The number of aryl methyl sites for hydroxylation is 3. The molecule has 2 aromatic heterocycles. The van der Waals surface area contributed by atoms with Gasteiger partial charge in [0.05, 0.1) is 24.8 Å². The van der Waals surface area contributed by atoms with Gasteiger partial charge in [0, 0.05) is 54.3 Å². The molecule has 1 fully saturated rings. The average Bonchev–Trinajstić information content (AvgIpc) is 3.20. The standard InChI is InChI=1S/C40H47N7O10/c1-4-22-25(55-3)15-26(56-38-36(52)37(53)40(54,27(18-48)57-38)11-9-19-10-12-45-29(42)13-19)32-30(22)33(49)23-14-21(7-5-20-6-8-28(41)46-16-20)24(17-47-39(43)44-2)34(50)31(23)35(32)51/h6,8,10,12-16,27,36-38,48,50,52-54H,4-5,7,9,11,17-18H2,1-3H3,(H2,41,46)(H2,42,45)(H3,43,44,47). The van der Waals surface area contributed by atoms with E-state index in [2.05, 4.69) is 20.3 Å². The number of benzene rings is 2. The molecule has 17 heteroatoms. The topological polar surface area (TPSA) is 291 Å². The van der Waals surface area contributed by atoms with E-state index in [1.807, 2.05) is 6.07 Å². The van der Waals surface area contributed by atoms with Crippen LogP contribution in [0.1, 0.15) is 73.0 Å². The van der Waals surface area contributed by atoms with Gasteiger partial charge in [0.2, 0.25) is 12.1 Å². The van der Waals surface area contributed by atoms with Crippen molar-refractivity contribution >= 4 is 29.2 Å². The number of aliphatic imine (C=N–C) groups is 1. The molecule has 2 aromatic carbocycles. The fraction of sp³-hybridized carbons (Fsp3) is 0.375. The molecule has 3 heterocycles. The summed E-state index contributed by atoms with van der Waals surface area (Å²) in [5.74, 6) is -1.22. The van der Waals surface area contributed by atoms with Gasteiger partial charge in [-0.1, -0.05) is 13.0 Å². The number of nitrogen functional groups attached to an aromatic ring is 2. The van der Waals surface area contributed by atoms with Crippen molar-refractivity contribution in [2.45, 2.75) is 75.8 Å². The maximum atomic E-state index is 14.7. The van der Waals surface area contributed by atoms with Crippen molar-refractivity contribution in [1.82, 2.24) is 15.3 Å². The summed E-state index contributed by atoms with van der Waals surface area (Å²) in [5, 5.41) is 59.4. The highest BCUT2D eigenvalue weighted by atomic mass is 16.7. The quantitative estimate of drug-likeness (QED) is 0.0586. The molecule has 57 heavy (non-hydrogen) atoms. The number of ketones is 2. The van der Waals surface area contributed by atoms with Crippen LogP contribution in [0.25, 0.3) is 0 Å². The predicted molar refractivity (Wildman–Crippen MR) is 208 cm³/mol. The minimum atomic E-state index is -2.15. The number of rotatable bonds is 13. The second kappa shape index (κ2) is 16.7. The number of aromatic nitrogens is 2.